The Morgan fingerprint density at radius 2 is 2.23 bits per heavy atom. The molecule has 2 aromatic rings. The molecule has 0 spiro atoms. The molecular formula is C22H36N6O2. The van der Waals surface area contributed by atoms with Crippen LogP contribution in [0.1, 0.15) is 43.7 Å². The molecule has 1 aliphatic heterocycles. The van der Waals surface area contributed by atoms with Crippen LogP contribution in [0.3, 0.4) is 0 Å². The minimum Gasteiger partial charge on any atom is -0.481 e. The van der Waals surface area contributed by atoms with Gasteiger partial charge in [0.15, 0.2) is 5.96 Å². The van der Waals surface area contributed by atoms with Gasteiger partial charge < -0.3 is 19.8 Å². The normalized spacial score (nSPS) is 17.5. The van der Waals surface area contributed by atoms with Crippen LogP contribution in [-0.4, -0.2) is 60.0 Å². The highest BCUT2D eigenvalue weighted by molar-refractivity contribution is 5.79. The van der Waals surface area contributed by atoms with E-state index in [1.807, 2.05) is 19.2 Å². The zero-order valence-electron chi connectivity index (χ0n) is 18.8. The van der Waals surface area contributed by atoms with Crippen molar-refractivity contribution in [1.29, 1.82) is 0 Å². The summed E-state index contributed by atoms with van der Waals surface area (Å²) in [4.78, 5) is 7.40. The topological polar surface area (TPSA) is 79.8 Å². The summed E-state index contributed by atoms with van der Waals surface area (Å²) in [6.07, 6.45) is 5.88. The van der Waals surface area contributed by atoms with Crippen molar-refractivity contribution in [3.63, 3.8) is 0 Å². The Labute approximate surface area is 179 Å². The zero-order chi connectivity index (χ0) is 21.3. The fourth-order valence-corrected chi connectivity index (χ4v) is 4.15. The van der Waals surface area contributed by atoms with Crippen LogP contribution in [0.15, 0.2) is 27.8 Å². The fourth-order valence-electron chi connectivity index (χ4n) is 4.15. The number of rotatable bonds is 10. The maximum Gasteiger partial charge on any atom is 0.216 e. The van der Waals surface area contributed by atoms with Crippen molar-refractivity contribution in [2.45, 2.75) is 52.1 Å². The van der Waals surface area contributed by atoms with E-state index in [9.17, 15) is 0 Å². The lowest BCUT2D eigenvalue weighted by Gasteiger charge is -2.24. The molecule has 3 heterocycles. The van der Waals surface area contributed by atoms with Gasteiger partial charge in [-0.15, -0.1) is 0 Å². The number of ether oxygens (including phenoxy) is 1. The summed E-state index contributed by atoms with van der Waals surface area (Å²) in [6.45, 7) is 8.80. The third-order valence-electron chi connectivity index (χ3n) is 5.75. The second-order valence-electron chi connectivity index (χ2n) is 7.64. The van der Waals surface area contributed by atoms with Gasteiger partial charge in [-0.2, -0.15) is 5.10 Å². The van der Waals surface area contributed by atoms with Crippen molar-refractivity contribution in [3.8, 4) is 5.88 Å². The second kappa shape index (κ2) is 11.1. The van der Waals surface area contributed by atoms with Gasteiger partial charge in [0.2, 0.25) is 5.88 Å². The van der Waals surface area contributed by atoms with E-state index in [0.29, 0.717) is 12.6 Å². The lowest BCUT2D eigenvalue weighted by molar-refractivity contribution is 0.267. The molecule has 0 aromatic carbocycles. The molecule has 1 unspecified atom stereocenters. The van der Waals surface area contributed by atoms with Crippen LogP contribution in [0.2, 0.25) is 0 Å². The number of aryl methyl sites for hydroxylation is 2. The van der Waals surface area contributed by atoms with Gasteiger partial charge in [0.25, 0.3) is 0 Å². The van der Waals surface area contributed by atoms with Gasteiger partial charge in [0, 0.05) is 32.6 Å². The number of hydrogen-bond donors (Lipinski definition) is 2. The van der Waals surface area contributed by atoms with Crippen molar-refractivity contribution < 1.29 is 9.15 Å². The third kappa shape index (κ3) is 5.56. The lowest BCUT2D eigenvalue weighted by atomic mass is 10.2. The standard InChI is InChI=1S/C22H36N6O2/c1-5-20-19(21(29-4)27(3)26-20)16-25-22(23-12-11-18-10-8-14-30-18)24-15-17-9-7-13-28(17)6-2/h8,10,14,17H,5-7,9,11-13,15-16H2,1-4H3,(H2,23,24,25). The molecule has 3 rings (SSSR count). The van der Waals surface area contributed by atoms with Crippen LogP contribution in [0, 0.1) is 0 Å². The summed E-state index contributed by atoms with van der Waals surface area (Å²) in [6, 6.07) is 4.48. The highest BCUT2D eigenvalue weighted by Crippen LogP contribution is 2.23. The first-order chi connectivity index (χ1) is 14.7. The number of likely N-dealkylation sites (tertiary alicyclic amines) is 1. The average molecular weight is 417 g/mol. The quantitative estimate of drug-likeness (QED) is 0.457. The van der Waals surface area contributed by atoms with E-state index in [2.05, 4.69) is 34.5 Å². The van der Waals surface area contributed by atoms with Crippen LogP contribution >= 0.6 is 0 Å². The van der Waals surface area contributed by atoms with Crippen molar-refractivity contribution in [1.82, 2.24) is 25.3 Å². The predicted molar refractivity (Wildman–Crippen MR) is 119 cm³/mol. The van der Waals surface area contributed by atoms with Crippen molar-refractivity contribution >= 4 is 5.96 Å². The number of hydrogen-bond acceptors (Lipinski definition) is 5. The van der Waals surface area contributed by atoms with Gasteiger partial charge in [0.1, 0.15) is 5.76 Å². The van der Waals surface area contributed by atoms with Gasteiger partial charge in [0.05, 0.1) is 31.2 Å². The molecule has 166 valence electrons. The third-order valence-corrected chi connectivity index (χ3v) is 5.75. The van der Waals surface area contributed by atoms with E-state index in [4.69, 9.17) is 14.1 Å². The molecule has 1 saturated heterocycles. The number of aliphatic imine (C=N–C) groups is 1. The second-order valence-corrected chi connectivity index (χ2v) is 7.64. The molecule has 0 saturated carbocycles. The van der Waals surface area contributed by atoms with E-state index < -0.39 is 0 Å². The maximum absolute atomic E-state index is 5.56. The van der Waals surface area contributed by atoms with E-state index in [1.54, 1.807) is 18.1 Å². The molecule has 2 N–H and O–H groups in total. The number of furan rings is 1. The largest absolute Gasteiger partial charge is 0.481 e. The Hall–Kier alpha value is -2.48. The molecule has 0 aliphatic carbocycles. The summed E-state index contributed by atoms with van der Waals surface area (Å²) < 4.78 is 12.8. The minimum atomic E-state index is 0.526. The monoisotopic (exact) mass is 416 g/mol. The summed E-state index contributed by atoms with van der Waals surface area (Å²) in [5.41, 5.74) is 2.08. The number of aromatic nitrogens is 2. The average Bonchev–Trinajstić information content (AvgIpc) is 3.49. The van der Waals surface area contributed by atoms with E-state index in [1.165, 1.54) is 19.4 Å². The van der Waals surface area contributed by atoms with Crippen LogP contribution in [0.5, 0.6) is 5.88 Å². The molecule has 8 heteroatoms. The fraction of sp³-hybridized carbons (Fsp3) is 0.636. The van der Waals surface area contributed by atoms with E-state index in [0.717, 1.165) is 61.3 Å². The summed E-state index contributed by atoms with van der Waals surface area (Å²) in [7, 11) is 3.59. The maximum atomic E-state index is 5.56. The van der Waals surface area contributed by atoms with Crippen LogP contribution in [-0.2, 0) is 26.4 Å². The smallest absolute Gasteiger partial charge is 0.216 e. The lowest BCUT2D eigenvalue weighted by Crippen LogP contribution is -2.45. The number of methoxy groups -OCH3 is 1. The summed E-state index contributed by atoms with van der Waals surface area (Å²) >= 11 is 0. The molecular weight excluding hydrogens is 380 g/mol. The van der Waals surface area contributed by atoms with Gasteiger partial charge in [-0.25, -0.2) is 9.67 Å². The number of nitrogens with one attached hydrogen (secondary N) is 2. The minimum absolute atomic E-state index is 0.526. The molecule has 0 bridgehead atoms. The van der Waals surface area contributed by atoms with Crippen LogP contribution < -0.4 is 15.4 Å². The molecule has 1 fully saturated rings. The van der Waals surface area contributed by atoms with Gasteiger partial charge >= 0.3 is 0 Å². The Bertz CT molecular complexity index is 799. The summed E-state index contributed by atoms with van der Waals surface area (Å²) in [5.74, 6) is 2.56. The molecule has 1 aliphatic rings. The predicted octanol–water partition coefficient (Wildman–Crippen LogP) is 2.35. The first kappa shape index (κ1) is 22.2. The molecule has 0 radical (unpaired) electrons. The zero-order valence-corrected chi connectivity index (χ0v) is 18.8. The molecule has 1 atom stereocenters. The molecule has 0 amide bonds. The SMILES string of the molecule is CCc1nn(C)c(OC)c1CN=C(NCCc1ccco1)NCC1CCCN1CC. The Balaban J connectivity index is 1.67. The Morgan fingerprint density at radius 1 is 1.37 bits per heavy atom. The van der Waals surface area contributed by atoms with Crippen molar-refractivity contribution in [2.75, 3.05) is 33.3 Å². The number of nitrogens with zero attached hydrogens (tertiary/aromatic N) is 4. The van der Waals surface area contributed by atoms with E-state index >= 15 is 0 Å². The number of guanidine groups is 1. The molecule has 30 heavy (non-hydrogen) atoms. The Morgan fingerprint density at radius 3 is 2.93 bits per heavy atom. The van der Waals surface area contributed by atoms with E-state index in [-0.39, 0.29) is 0 Å². The van der Waals surface area contributed by atoms with Gasteiger partial charge in [-0.05, 0) is 44.5 Å². The summed E-state index contributed by atoms with van der Waals surface area (Å²) in [5, 5.41) is 11.6. The molecule has 2 aromatic heterocycles. The number of likely N-dealkylation sites (N-methyl/N-ethyl adjacent to an activating group) is 1. The first-order valence-electron chi connectivity index (χ1n) is 11.0. The van der Waals surface area contributed by atoms with Gasteiger partial charge in [-0.1, -0.05) is 13.8 Å². The van der Waals surface area contributed by atoms with Crippen molar-refractivity contribution in [3.05, 3.63) is 35.4 Å². The van der Waals surface area contributed by atoms with Crippen LogP contribution in [0.4, 0.5) is 0 Å². The Kier molecular flexibility index (Phi) is 8.19. The van der Waals surface area contributed by atoms with Gasteiger partial charge in [-0.3, -0.25) is 4.90 Å². The van der Waals surface area contributed by atoms with Crippen molar-refractivity contribution in [2.24, 2.45) is 12.0 Å². The van der Waals surface area contributed by atoms with Crippen LogP contribution in [0.25, 0.3) is 0 Å². The molecule has 8 nitrogen and oxygen atoms in total. The first-order valence-corrected chi connectivity index (χ1v) is 11.0. The highest BCUT2D eigenvalue weighted by atomic mass is 16.5. The highest BCUT2D eigenvalue weighted by Gasteiger charge is 2.23.